The fourth-order valence-electron chi connectivity index (χ4n) is 0.690. The molecule has 0 aliphatic carbocycles. The van der Waals surface area contributed by atoms with Crippen molar-refractivity contribution in [3.05, 3.63) is 23.8 Å². The molecule has 0 saturated carbocycles. The second-order valence-electron chi connectivity index (χ2n) is 1.95. The third-order valence-corrected chi connectivity index (χ3v) is 1.43. The summed E-state index contributed by atoms with van der Waals surface area (Å²) < 4.78 is 0. The van der Waals surface area contributed by atoms with Crippen LogP contribution in [0, 0.1) is 0 Å². The van der Waals surface area contributed by atoms with E-state index in [0.29, 0.717) is 0 Å². The van der Waals surface area contributed by atoms with Crippen LogP contribution in [0.25, 0.3) is 0 Å². The Morgan fingerprint density at radius 2 is 2.00 bits per heavy atom. The molecule has 0 aliphatic heterocycles. The molecule has 2 N–H and O–H groups in total. The van der Waals surface area contributed by atoms with Crippen molar-refractivity contribution in [2.75, 3.05) is 0 Å². The number of carbonyl (C=O) groups is 1. The van der Waals surface area contributed by atoms with E-state index in [1.807, 2.05) is 0 Å². The zero-order valence-corrected chi connectivity index (χ0v) is 6.17. The first-order valence-corrected chi connectivity index (χ1v) is 3.21. The molecule has 0 amide bonds. The summed E-state index contributed by atoms with van der Waals surface area (Å²) in [7, 11) is 0. The van der Waals surface area contributed by atoms with Crippen LogP contribution in [0.5, 0.6) is 11.5 Å². The van der Waals surface area contributed by atoms with Gasteiger partial charge < -0.3 is 10.2 Å². The Morgan fingerprint density at radius 1 is 1.36 bits per heavy atom. The molecule has 0 atom stereocenters. The number of aromatic hydroxyl groups is 2. The number of halogens is 1. The molecule has 0 unspecified atom stereocenters. The zero-order valence-electron chi connectivity index (χ0n) is 5.41. The first kappa shape index (κ1) is 7.88. The molecule has 0 heterocycles. The quantitative estimate of drug-likeness (QED) is 0.498. The molecular formula is C7H5ClO3. The second kappa shape index (κ2) is 2.80. The molecule has 0 aromatic heterocycles. The molecule has 4 heteroatoms. The van der Waals surface area contributed by atoms with Crippen molar-refractivity contribution < 1.29 is 15.0 Å². The predicted molar refractivity (Wildman–Crippen MR) is 40.0 cm³/mol. The van der Waals surface area contributed by atoms with Gasteiger partial charge in [0.25, 0.3) is 5.24 Å². The van der Waals surface area contributed by atoms with E-state index in [0.717, 1.165) is 0 Å². The van der Waals surface area contributed by atoms with Crippen LogP contribution in [0.2, 0.25) is 0 Å². The SMILES string of the molecule is O=C(Cl)c1cccc(O)c1O. The molecule has 3 nitrogen and oxygen atoms in total. The van der Waals surface area contributed by atoms with E-state index in [1.54, 1.807) is 0 Å². The number of hydrogen-bond acceptors (Lipinski definition) is 3. The molecule has 11 heavy (non-hydrogen) atoms. The van der Waals surface area contributed by atoms with Crippen molar-refractivity contribution in [3.63, 3.8) is 0 Å². The highest BCUT2D eigenvalue weighted by atomic mass is 35.5. The molecule has 0 aliphatic rings. The Kier molecular flexibility index (Phi) is 2.01. The van der Waals surface area contributed by atoms with Gasteiger partial charge in [-0.05, 0) is 23.7 Å². The number of carbonyl (C=O) groups excluding carboxylic acids is 1. The van der Waals surface area contributed by atoms with Crippen molar-refractivity contribution >= 4 is 16.8 Å². The maximum absolute atomic E-state index is 10.5. The molecule has 0 spiro atoms. The van der Waals surface area contributed by atoms with Crippen LogP contribution in [-0.4, -0.2) is 15.5 Å². The van der Waals surface area contributed by atoms with Crippen molar-refractivity contribution in [2.45, 2.75) is 0 Å². The zero-order chi connectivity index (χ0) is 8.43. The highest BCUT2D eigenvalue weighted by Gasteiger charge is 2.10. The number of phenolic OH excluding ortho intramolecular Hbond substituents is 2. The van der Waals surface area contributed by atoms with Crippen LogP contribution in [0.15, 0.2) is 18.2 Å². The van der Waals surface area contributed by atoms with Gasteiger partial charge in [0.1, 0.15) is 0 Å². The number of hydrogen-bond donors (Lipinski definition) is 2. The summed E-state index contributed by atoms with van der Waals surface area (Å²) in [6, 6.07) is 4.01. The van der Waals surface area contributed by atoms with Crippen molar-refractivity contribution in [3.8, 4) is 11.5 Å². The van der Waals surface area contributed by atoms with E-state index in [-0.39, 0.29) is 11.3 Å². The van der Waals surface area contributed by atoms with Crippen LogP contribution < -0.4 is 0 Å². The lowest BCUT2D eigenvalue weighted by atomic mass is 10.2. The van der Waals surface area contributed by atoms with Gasteiger partial charge >= 0.3 is 0 Å². The standard InChI is InChI=1S/C7H5ClO3/c8-7(11)4-2-1-3-5(9)6(4)10/h1-3,9-10H. The number of benzene rings is 1. The van der Waals surface area contributed by atoms with Crippen molar-refractivity contribution in [1.82, 2.24) is 0 Å². The summed E-state index contributed by atoms with van der Waals surface area (Å²) in [6.45, 7) is 0. The average Bonchev–Trinajstić information content (AvgIpc) is 1.94. The van der Waals surface area contributed by atoms with Gasteiger partial charge in [0.05, 0.1) is 5.56 Å². The number of para-hydroxylation sites is 1. The monoisotopic (exact) mass is 172 g/mol. The maximum atomic E-state index is 10.5. The summed E-state index contributed by atoms with van der Waals surface area (Å²) in [5.74, 6) is -0.830. The minimum Gasteiger partial charge on any atom is -0.504 e. The van der Waals surface area contributed by atoms with Gasteiger partial charge in [-0.1, -0.05) is 6.07 Å². The normalized spacial score (nSPS) is 9.55. The minimum atomic E-state index is -0.793. The van der Waals surface area contributed by atoms with E-state index in [4.69, 9.17) is 21.8 Å². The van der Waals surface area contributed by atoms with Gasteiger partial charge in [0.15, 0.2) is 11.5 Å². The average molecular weight is 173 g/mol. The molecular weight excluding hydrogens is 168 g/mol. The fraction of sp³-hybridized carbons (Fsp3) is 0. The Hall–Kier alpha value is -1.22. The Labute approximate surface area is 67.8 Å². The van der Waals surface area contributed by atoms with Gasteiger partial charge in [-0.3, -0.25) is 4.79 Å². The Bertz CT molecular complexity index is 296. The van der Waals surface area contributed by atoms with Crippen molar-refractivity contribution in [1.29, 1.82) is 0 Å². The molecule has 58 valence electrons. The van der Waals surface area contributed by atoms with Gasteiger partial charge in [-0.2, -0.15) is 0 Å². The van der Waals surface area contributed by atoms with Gasteiger partial charge in [-0.25, -0.2) is 0 Å². The summed E-state index contributed by atoms with van der Waals surface area (Å²) in [5, 5.41) is 17.1. The molecule has 1 aromatic carbocycles. The van der Waals surface area contributed by atoms with Crippen LogP contribution in [0.4, 0.5) is 0 Å². The van der Waals surface area contributed by atoms with Crippen LogP contribution in [-0.2, 0) is 0 Å². The lowest BCUT2D eigenvalue weighted by molar-refractivity contribution is 0.107. The molecule has 0 radical (unpaired) electrons. The van der Waals surface area contributed by atoms with Crippen molar-refractivity contribution in [2.24, 2.45) is 0 Å². The third kappa shape index (κ3) is 1.43. The Morgan fingerprint density at radius 3 is 2.45 bits per heavy atom. The van der Waals surface area contributed by atoms with Crippen LogP contribution in [0.3, 0.4) is 0 Å². The molecule has 1 rings (SSSR count). The van der Waals surface area contributed by atoms with Crippen LogP contribution in [0.1, 0.15) is 10.4 Å². The number of phenols is 2. The van der Waals surface area contributed by atoms with E-state index in [9.17, 15) is 4.79 Å². The van der Waals surface area contributed by atoms with E-state index < -0.39 is 11.0 Å². The molecule has 0 bridgehead atoms. The smallest absolute Gasteiger partial charge is 0.256 e. The highest BCUT2D eigenvalue weighted by molar-refractivity contribution is 6.68. The van der Waals surface area contributed by atoms with E-state index in [2.05, 4.69) is 0 Å². The van der Waals surface area contributed by atoms with Gasteiger partial charge in [0, 0.05) is 0 Å². The van der Waals surface area contributed by atoms with E-state index >= 15 is 0 Å². The highest BCUT2D eigenvalue weighted by Crippen LogP contribution is 2.28. The van der Waals surface area contributed by atoms with Gasteiger partial charge in [0.2, 0.25) is 0 Å². The summed E-state index contributed by atoms with van der Waals surface area (Å²) >= 11 is 5.07. The number of rotatable bonds is 1. The topological polar surface area (TPSA) is 57.5 Å². The predicted octanol–water partition coefficient (Wildman–Crippen LogP) is 1.48. The first-order chi connectivity index (χ1) is 5.13. The Balaban J connectivity index is 3.27. The molecule has 0 saturated heterocycles. The van der Waals surface area contributed by atoms with E-state index in [1.165, 1.54) is 18.2 Å². The third-order valence-electron chi connectivity index (χ3n) is 1.23. The summed E-state index contributed by atoms with van der Waals surface area (Å²) in [4.78, 5) is 10.5. The lowest BCUT2D eigenvalue weighted by Crippen LogP contribution is -1.88. The lowest BCUT2D eigenvalue weighted by Gasteiger charge is -1.99. The van der Waals surface area contributed by atoms with Crippen LogP contribution >= 0.6 is 11.6 Å². The molecule has 1 aromatic rings. The fourth-order valence-corrected chi connectivity index (χ4v) is 0.842. The summed E-state index contributed by atoms with van der Waals surface area (Å²) in [6.07, 6.45) is 0. The largest absolute Gasteiger partial charge is 0.504 e. The molecule has 0 fully saturated rings. The summed E-state index contributed by atoms with van der Waals surface area (Å²) in [5.41, 5.74) is -0.0910. The maximum Gasteiger partial charge on any atom is 0.256 e. The second-order valence-corrected chi connectivity index (χ2v) is 2.29. The minimum absolute atomic E-state index is 0.0910. The van der Waals surface area contributed by atoms with Gasteiger partial charge in [-0.15, -0.1) is 0 Å². The first-order valence-electron chi connectivity index (χ1n) is 2.83.